The number of sulfonamides is 1. The second kappa shape index (κ2) is 9.34. The summed E-state index contributed by atoms with van der Waals surface area (Å²) in [5.41, 5.74) is 6.75. The SMILES string of the molecule is COC(=O)COc1ccc(C[C@@H](C)NS(=O)(=O)c2ccc(C(=N)N)cc2)cc1. The molecule has 2 aromatic rings. The molecule has 9 heteroatoms. The van der Waals surface area contributed by atoms with Gasteiger partial charge in [-0.3, -0.25) is 5.41 Å². The van der Waals surface area contributed by atoms with Crippen molar-refractivity contribution in [2.75, 3.05) is 13.7 Å². The first kappa shape index (κ1) is 21.4. The van der Waals surface area contributed by atoms with Gasteiger partial charge in [0.25, 0.3) is 0 Å². The fourth-order valence-electron chi connectivity index (χ4n) is 2.46. The van der Waals surface area contributed by atoms with Crippen molar-refractivity contribution in [3.8, 4) is 5.75 Å². The van der Waals surface area contributed by atoms with Crippen molar-refractivity contribution >= 4 is 21.8 Å². The summed E-state index contributed by atoms with van der Waals surface area (Å²) in [6, 6.07) is 12.5. The largest absolute Gasteiger partial charge is 0.482 e. The number of nitrogens with two attached hydrogens (primary N) is 1. The molecule has 2 aromatic carbocycles. The molecule has 0 saturated heterocycles. The highest BCUT2D eigenvalue weighted by Gasteiger charge is 2.18. The molecule has 0 aliphatic heterocycles. The Hall–Kier alpha value is -2.91. The first-order valence-electron chi connectivity index (χ1n) is 8.46. The number of carbonyl (C=O) groups is 1. The summed E-state index contributed by atoms with van der Waals surface area (Å²) >= 11 is 0. The lowest BCUT2D eigenvalue weighted by atomic mass is 10.1. The molecule has 0 unspecified atom stereocenters. The van der Waals surface area contributed by atoms with E-state index in [1.54, 1.807) is 31.2 Å². The van der Waals surface area contributed by atoms with Gasteiger partial charge in [-0.25, -0.2) is 17.9 Å². The van der Waals surface area contributed by atoms with Gasteiger partial charge in [-0.2, -0.15) is 0 Å². The molecule has 0 aliphatic rings. The van der Waals surface area contributed by atoms with E-state index in [-0.39, 0.29) is 23.4 Å². The Kier molecular flexibility index (Phi) is 7.13. The first-order chi connectivity index (χ1) is 13.2. The Balaban J connectivity index is 1.95. The fourth-order valence-corrected chi connectivity index (χ4v) is 3.71. The number of benzene rings is 2. The van der Waals surface area contributed by atoms with Crippen LogP contribution in [-0.2, 0) is 26.0 Å². The lowest BCUT2D eigenvalue weighted by Crippen LogP contribution is -2.34. The molecule has 0 aliphatic carbocycles. The van der Waals surface area contributed by atoms with Crippen LogP contribution in [0.15, 0.2) is 53.4 Å². The van der Waals surface area contributed by atoms with Crippen molar-refractivity contribution in [1.82, 2.24) is 4.72 Å². The number of amidine groups is 1. The molecule has 0 bridgehead atoms. The monoisotopic (exact) mass is 405 g/mol. The number of esters is 1. The average Bonchev–Trinajstić information content (AvgIpc) is 2.66. The smallest absolute Gasteiger partial charge is 0.343 e. The molecule has 0 amide bonds. The van der Waals surface area contributed by atoms with E-state index >= 15 is 0 Å². The molecule has 0 spiro atoms. The van der Waals surface area contributed by atoms with E-state index in [4.69, 9.17) is 15.9 Å². The third kappa shape index (κ3) is 6.07. The van der Waals surface area contributed by atoms with Crippen molar-refractivity contribution in [3.05, 3.63) is 59.7 Å². The molecule has 0 heterocycles. The first-order valence-corrected chi connectivity index (χ1v) is 9.95. The minimum atomic E-state index is -3.69. The molecule has 0 aromatic heterocycles. The Morgan fingerprint density at radius 3 is 2.29 bits per heavy atom. The van der Waals surface area contributed by atoms with Gasteiger partial charge in [-0.05, 0) is 55.3 Å². The number of nitrogens with one attached hydrogen (secondary N) is 2. The standard InChI is InChI=1S/C19H23N3O5S/c1-13(11-14-3-7-16(8-4-14)27-12-18(23)26-2)22-28(24,25)17-9-5-15(6-10-17)19(20)21/h3-10,13,22H,11-12H2,1-2H3,(H3,20,21)/t13-/m1/s1. The predicted octanol–water partition coefficient (Wildman–Crippen LogP) is 1.43. The van der Waals surface area contributed by atoms with Crippen LogP contribution >= 0.6 is 0 Å². The molecule has 0 radical (unpaired) electrons. The van der Waals surface area contributed by atoms with E-state index in [0.717, 1.165) is 5.56 Å². The minimum absolute atomic E-state index is 0.107. The van der Waals surface area contributed by atoms with Crippen LogP contribution in [0.3, 0.4) is 0 Å². The molecular weight excluding hydrogens is 382 g/mol. The Morgan fingerprint density at radius 2 is 1.75 bits per heavy atom. The zero-order valence-electron chi connectivity index (χ0n) is 15.6. The molecule has 28 heavy (non-hydrogen) atoms. The van der Waals surface area contributed by atoms with Gasteiger partial charge in [0.05, 0.1) is 12.0 Å². The molecule has 4 N–H and O–H groups in total. The summed E-state index contributed by atoms with van der Waals surface area (Å²) < 4.78 is 37.4. The van der Waals surface area contributed by atoms with Crippen molar-refractivity contribution in [2.24, 2.45) is 5.73 Å². The summed E-state index contributed by atoms with van der Waals surface area (Å²) in [4.78, 5) is 11.2. The number of hydrogen-bond donors (Lipinski definition) is 3. The summed E-state index contributed by atoms with van der Waals surface area (Å²) in [5.74, 6) is -0.0688. The maximum Gasteiger partial charge on any atom is 0.343 e. The number of nitrogen functional groups attached to an aromatic ring is 1. The van der Waals surface area contributed by atoms with Crippen LogP contribution in [0.5, 0.6) is 5.75 Å². The average molecular weight is 405 g/mol. The maximum atomic E-state index is 12.5. The van der Waals surface area contributed by atoms with Gasteiger partial charge < -0.3 is 15.2 Å². The molecule has 150 valence electrons. The van der Waals surface area contributed by atoms with Crippen LogP contribution < -0.4 is 15.2 Å². The number of hydrogen-bond acceptors (Lipinski definition) is 6. The van der Waals surface area contributed by atoms with E-state index in [1.807, 2.05) is 0 Å². The Bertz CT molecular complexity index is 925. The molecule has 8 nitrogen and oxygen atoms in total. The van der Waals surface area contributed by atoms with Gasteiger partial charge in [0.15, 0.2) is 6.61 Å². The number of rotatable bonds is 9. The Morgan fingerprint density at radius 1 is 1.14 bits per heavy atom. The molecule has 1 atom stereocenters. The highest BCUT2D eigenvalue weighted by Crippen LogP contribution is 2.15. The summed E-state index contributed by atoms with van der Waals surface area (Å²) in [7, 11) is -2.40. The minimum Gasteiger partial charge on any atom is -0.482 e. The Labute approximate surface area is 164 Å². The van der Waals surface area contributed by atoms with Gasteiger partial charge in [0.1, 0.15) is 11.6 Å². The van der Waals surface area contributed by atoms with Crippen molar-refractivity contribution in [3.63, 3.8) is 0 Å². The second-order valence-electron chi connectivity index (χ2n) is 6.17. The van der Waals surface area contributed by atoms with E-state index in [0.29, 0.717) is 17.7 Å². The van der Waals surface area contributed by atoms with E-state index in [2.05, 4.69) is 9.46 Å². The molecule has 0 saturated carbocycles. The third-order valence-electron chi connectivity index (χ3n) is 3.88. The molecule has 2 rings (SSSR count). The lowest BCUT2D eigenvalue weighted by Gasteiger charge is -2.15. The van der Waals surface area contributed by atoms with Crippen LogP contribution in [0, 0.1) is 5.41 Å². The van der Waals surface area contributed by atoms with Gasteiger partial charge in [-0.15, -0.1) is 0 Å². The van der Waals surface area contributed by atoms with Gasteiger partial charge >= 0.3 is 5.97 Å². The highest BCUT2D eigenvalue weighted by molar-refractivity contribution is 7.89. The number of ether oxygens (including phenoxy) is 2. The number of carbonyl (C=O) groups excluding carboxylic acids is 1. The summed E-state index contributed by atoms with van der Waals surface area (Å²) in [6.07, 6.45) is 0.474. The van der Waals surface area contributed by atoms with Crippen molar-refractivity contribution in [1.29, 1.82) is 5.41 Å². The summed E-state index contributed by atoms with van der Waals surface area (Å²) in [6.45, 7) is 1.59. The third-order valence-corrected chi connectivity index (χ3v) is 5.49. The number of methoxy groups -OCH3 is 1. The van der Waals surface area contributed by atoms with E-state index in [9.17, 15) is 13.2 Å². The van der Waals surface area contributed by atoms with Crippen LogP contribution in [-0.4, -0.2) is 40.0 Å². The highest BCUT2D eigenvalue weighted by atomic mass is 32.2. The molecule has 0 fully saturated rings. The van der Waals surface area contributed by atoms with E-state index in [1.165, 1.54) is 31.4 Å². The van der Waals surface area contributed by atoms with Crippen LogP contribution in [0.4, 0.5) is 0 Å². The van der Waals surface area contributed by atoms with Crippen LogP contribution in [0.25, 0.3) is 0 Å². The zero-order valence-corrected chi connectivity index (χ0v) is 16.5. The summed E-state index contributed by atoms with van der Waals surface area (Å²) in [5, 5.41) is 7.35. The van der Waals surface area contributed by atoms with Gasteiger partial charge in [0.2, 0.25) is 10.0 Å². The van der Waals surface area contributed by atoms with Crippen molar-refractivity contribution < 1.29 is 22.7 Å². The normalized spacial score (nSPS) is 12.2. The van der Waals surface area contributed by atoms with Gasteiger partial charge in [-0.1, -0.05) is 12.1 Å². The van der Waals surface area contributed by atoms with Gasteiger partial charge in [0, 0.05) is 11.6 Å². The molecular formula is C19H23N3O5S. The quantitative estimate of drug-likeness (QED) is 0.329. The topological polar surface area (TPSA) is 132 Å². The lowest BCUT2D eigenvalue weighted by molar-refractivity contribution is -0.142. The predicted molar refractivity (Wildman–Crippen MR) is 105 cm³/mol. The van der Waals surface area contributed by atoms with Crippen LogP contribution in [0.1, 0.15) is 18.1 Å². The van der Waals surface area contributed by atoms with E-state index < -0.39 is 16.0 Å². The van der Waals surface area contributed by atoms with Crippen LogP contribution in [0.2, 0.25) is 0 Å². The fraction of sp³-hybridized carbons (Fsp3) is 0.263. The maximum absolute atomic E-state index is 12.5. The van der Waals surface area contributed by atoms with Crippen molar-refractivity contribution in [2.45, 2.75) is 24.3 Å². The zero-order chi connectivity index (χ0) is 20.7. The second-order valence-corrected chi connectivity index (χ2v) is 7.89.